The monoisotopic (exact) mass is 507 g/mol. The van der Waals surface area contributed by atoms with Gasteiger partial charge in [-0.15, -0.1) is 0 Å². The van der Waals surface area contributed by atoms with Gasteiger partial charge in [-0.1, -0.05) is 23.2 Å². The van der Waals surface area contributed by atoms with E-state index in [0.29, 0.717) is 0 Å². The third kappa shape index (κ3) is 5.02. The fourth-order valence-corrected chi connectivity index (χ4v) is 3.76. The van der Waals surface area contributed by atoms with E-state index >= 15 is 0 Å². The van der Waals surface area contributed by atoms with Gasteiger partial charge in [0.05, 0.1) is 17.3 Å². The zero-order valence-electron chi connectivity index (χ0n) is 20.6. The van der Waals surface area contributed by atoms with Gasteiger partial charge < -0.3 is 15.8 Å². The number of anilines is 1. The summed E-state index contributed by atoms with van der Waals surface area (Å²) in [4.78, 5) is 3.88. The highest BCUT2D eigenvalue weighted by atomic mass is 35.5. The predicted molar refractivity (Wildman–Crippen MR) is 117 cm³/mol. The van der Waals surface area contributed by atoms with E-state index < -0.39 is 64.1 Å². The minimum atomic E-state index is -5.07. The molecule has 1 aromatic carbocycles. The lowest BCUT2D eigenvalue weighted by atomic mass is 10.1. The van der Waals surface area contributed by atoms with Crippen molar-refractivity contribution in [3.63, 3.8) is 0 Å². The number of ether oxygens (including phenoxy) is 1. The molecule has 2 aromatic heterocycles. The number of piperidine rings is 1. The molecular weight excluding hydrogens is 485 g/mol. The first-order valence-corrected chi connectivity index (χ1v) is 10.2. The molecular formula is C21H19Cl2F4N5O. The average Bonchev–Trinajstić information content (AvgIpc) is 3.24. The molecule has 1 unspecified atom stereocenters. The summed E-state index contributed by atoms with van der Waals surface area (Å²) < 4.78 is 95.1. The molecule has 0 amide bonds. The molecule has 3 aromatic rings. The number of nitrogen functional groups attached to an aromatic ring is 1. The minimum Gasteiger partial charge on any atom is -0.472 e. The summed E-state index contributed by atoms with van der Waals surface area (Å²) in [5.74, 6) is -2.03. The molecule has 3 heterocycles. The van der Waals surface area contributed by atoms with Crippen LogP contribution in [0.25, 0.3) is 11.1 Å². The molecule has 0 bridgehead atoms. The summed E-state index contributed by atoms with van der Waals surface area (Å²) in [6.45, 7) is -0.199. The molecule has 1 aliphatic heterocycles. The van der Waals surface area contributed by atoms with E-state index in [-0.39, 0.29) is 24.2 Å². The van der Waals surface area contributed by atoms with Crippen LogP contribution in [0.1, 0.15) is 35.9 Å². The highest BCUT2D eigenvalue weighted by molar-refractivity contribution is 6.36. The number of hydrogen-bond donors (Lipinski definition) is 2. The van der Waals surface area contributed by atoms with Gasteiger partial charge in [0.25, 0.3) is 0 Å². The van der Waals surface area contributed by atoms with Crippen molar-refractivity contribution in [3.05, 3.63) is 58.2 Å². The van der Waals surface area contributed by atoms with E-state index in [1.54, 1.807) is 0 Å². The Morgan fingerprint density at radius 1 is 1.21 bits per heavy atom. The Kier molecular flexibility index (Phi) is 5.34. The molecule has 0 radical (unpaired) electrons. The number of nitrogens with zero attached hydrogens (tertiary/aromatic N) is 3. The molecule has 33 heavy (non-hydrogen) atoms. The summed E-state index contributed by atoms with van der Waals surface area (Å²) in [6.07, 6.45) is -7.94. The molecule has 1 aliphatic rings. The Balaban J connectivity index is 1.71. The summed E-state index contributed by atoms with van der Waals surface area (Å²) in [6, 6.07) is 1.61. The second kappa shape index (κ2) is 9.36. The zero-order chi connectivity index (χ0) is 27.3. The van der Waals surface area contributed by atoms with Gasteiger partial charge >= 0.3 is 6.18 Å². The number of pyridine rings is 1. The largest absolute Gasteiger partial charge is 0.472 e. The molecule has 4 rings (SSSR count). The maximum absolute atomic E-state index is 14.0. The summed E-state index contributed by atoms with van der Waals surface area (Å²) >= 11 is 11.7. The topological polar surface area (TPSA) is 78.0 Å². The van der Waals surface area contributed by atoms with Crippen LogP contribution in [0, 0.1) is 5.82 Å². The van der Waals surface area contributed by atoms with Crippen molar-refractivity contribution < 1.29 is 27.8 Å². The molecule has 0 spiro atoms. The third-order valence-electron chi connectivity index (χ3n) is 4.81. The Bertz CT molecular complexity index is 1310. The van der Waals surface area contributed by atoms with E-state index in [1.807, 2.05) is 0 Å². The summed E-state index contributed by atoms with van der Waals surface area (Å²) in [7, 11) is 0. The quantitative estimate of drug-likeness (QED) is 0.348. The standard InChI is InChI=1S/C21H19Cl2F4N5O/c22-14-1-2-15(24)18(23)17(14)19(21(25,26)27)33-16-7-11(8-30-20(16)28)12-9-31-32(10-12)13-3-5-29-6-4-13/h1-2,7-10,13,19,29H,3-6H2,(H2,28,30)/i3D2,4D2. The van der Waals surface area contributed by atoms with Crippen LogP contribution in [-0.2, 0) is 0 Å². The van der Waals surface area contributed by atoms with E-state index in [2.05, 4.69) is 15.4 Å². The van der Waals surface area contributed by atoms with E-state index in [4.69, 9.17) is 39.2 Å². The Morgan fingerprint density at radius 3 is 2.64 bits per heavy atom. The van der Waals surface area contributed by atoms with Crippen LogP contribution in [0.15, 0.2) is 36.8 Å². The molecule has 1 atom stereocenters. The molecule has 0 saturated carbocycles. The van der Waals surface area contributed by atoms with Gasteiger partial charge in [0.15, 0.2) is 11.6 Å². The van der Waals surface area contributed by atoms with Crippen molar-refractivity contribution in [1.82, 2.24) is 20.1 Å². The van der Waals surface area contributed by atoms with Crippen molar-refractivity contribution in [2.45, 2.75) is 31.1 Å². The maximum atomic E-state index is 14.0. The van der Waals surface area contributed by atoms with Crippen molar-refractivity contribution in [2.75, 3.05) is 18.8 Å². The lowest BCUT2D eigenvalue weighted by molar-refractivity contribution is -0.197. The molecule has 3 N–H and O–H groups in total. The van der Waals surface area contributed by atoms with Gasteiger partial charge in [-0.3, -0.25) is 4.68 Å². The van der Waals surface area contributed by atoms with Crippen molar-refractivity contribution >= 4 is 29.0 Å². The smallest absolute Gasteiger partial charge is 0.429 e. The number of nitrogens with two attached hydrogens (primary N) is 1. The molecule has 176 valence electrons. The Morgan fingerprint density at radius 2 is 1.94 bits per heavy atom. The highest BCUT2D eigenvalue weighted by Crippen LogP contribution is 2.44. The van der Waals surface area contributed by atoms with Crippen molar-refractivity contribution in [3.8, 4) is 16.9 Å². The molecule has 6 nitrogen and oxygen atoms in total. The Labute approximate surface area is 202 Å². The normalized spacial score (nSPS) is 20.9. The van der Waals surface area contributed by atoms with Crippen LogP contribution in [-0.4, -0.2) is 34.0 Å². The van der Waals surface area contributed by atoms with Crippen LogP contribution in [0.2, 0.25) is 10.0 Å². The Hall–Kier alpha value is -2.56. The maximum Gasteiger partial charge on any atom is 0.429 e. The molecule has 12 heteroatoms. The number of nitrogens with one attached hydrogen (secondary N) is 1. The number of rotatable bonds is 5. The van der Waals surface area contributed by atoms with Gasteiger partial charge in [0.1, 0.15) is 5.82 Å². The van der Waals surface area contributed by atoms with Crippen LogP contribution in [0.4, 0.5) is 23.4 Å². The van der Waals surface area contributed by atoms with Gasteiger partial charge in [0.2, 0.25) is 6.10 Å². The first kappa shape index (κ1) is 18.8. The zero-order valence-corrected chi connectivity index (χ0v) is 18.1. The third-order valence-corrected chi connectivity index (χ3v) is 5.52. The summed E-state index contributed by atoms with van der Waals surface area (Å²) in [5.41, 5.74) is 5.42. The highest BCUT2D eigenvalue weighted by Gasteiger charge is 2.46. The lowest BCUT2D eigenvalue weighted by Gasteiger charge is -2.24. The molecule has 1 fully saturated rings. The van der Waals surface area contributed by atoms with Crippen LogP contribution in [0.3, 0.4) is 0 Å². The minimum absolute atomic E-state index is 0.0994. The molecule has 1 saturated heterocycles. The number of benzene rings is 1. The number of halogens is 6. The first-order valence-electron chi connectivity index (χ1n) is 11.5. The van der Waals surface area contributed by atoms with Gasteiger partial charge in [-0.25, -0.2) is 9.37 Å². The SMILES string of the molecule is [2H]C1([2H])CNCC([2H])([2H])C1n1cc(-c2cnc(N)c(OC(c3c(Cl)ccc(F)c3Cl)C(F)(F)F)c2)cn1. The first-order chi connectivity index (χ1) is 17.1. The van der Waals surface area contributed by atoms with Crippen LogP contribution >= 0.6 is 23.2 Å². The van der Waals surface area contributed by atoms with Crippen molar-refractivity contribution in [1.29, 1.82) is 0 Å². The van der Waals surface area contributed by atoms with Crippen LogP contribution < -0.4 is 15.8 Å². The predicted octanol–water partition coefficient (Wildman–Crippen LogP) is 5.58. The number of hydrogen-bond acceptors (Lipinski definition) is 5. The van der Waals surface area contributed by atoms with Gasteiger partial charge in [-0.2, -0.15) is 18.3 Å². The van der Waals surface area contributed by atoms with E-state index in [0.717, 1.165) is 22.9 Å². The van der Waals surface area contributed by atoms with Gasteiger partial charge in [0, 0.05) is 39.6 Å². The second-order valence-electron chi connectivity index (χ2n) is 7.03. The van der Waals surface area contributed by atoms with Crippen LogP contribution in [0.5, 0.6) is 5.75 Å². The molecule has 0 aliphatic carbocycles. The second-order valence-corrected chi connectivity index (χ2v) is 7.81. The fraction of sp³-hybridized carbons (Fsp3) is 0.333. The lowest BCUT2D eigenvalue weighted by Crippen LogP contribution is -2.29. The number of alkyl halides is 3. The number of aromatic nitrogens is 3. The van der Waals surface area contributed by atoms with E-state index in [9.17, 15) is 17.6 Å². The summed E-state index contributed by atoms with van der Waals surface area (Å²) in [5, 5.41) is 5.47. The fourth-order valence-electron chi connectivity index (χ4n) is 3.19. The van der Waals surface area contributed by atoms with Gasteiger partial charge in [-0.05, 0) is 44.0 Å². The van der Waals surface area contributed by atoms with Crippen molar-refractivity contribution in [2.24, 2.45) is 0 Å². The average molecular weight is 508 g/mol. The van der Waals surface area contributed by atoms with E-state index in [1.165, 1.54) is 18.6 Å².